The second kappa shape index (κ2) is 6.54. The van der Waals surface area contributed by atoms with E-state index in [1.54, 1.807) is 0 Å². The monoisotopic (exact) mass is 281 g/mol. The number of halogens is 3. The first-order chi connectivity index (χ1) is 9.56. The van der Waals surface area contributed by atoms with E-state index < -0.39 is 17.7 Å². The number of aliphatic hydroxyl groups is 1. The van der Waals surface area contributed by atoms with Crippen LogP contribution in [0.5, 0.6) is 0 Å². The molecule has 0 aliphatic heterocycles. The molecule has 2 N–H and O–H groups in total. The van der Waals surface area contributed by atoms with Crippen LogP contribution in [0, 0.1) is 17.5 Å². The van der Waals surface area contributed by atoms with Gasteiger partial charge in [0.2, 0.25) is 0 Å². The molecule has 0 saturated carbocycles. The highest BCUT2D eigenvalue weighted by Crippen LogP contribution is 2.13. The highest BCUT2D eigenvalue weighted by molar-refractivity contribution is 5.20. The highest BCUT2D eigenvalue weighted by Gasteiger charge is 2.08. The van der Waals surface area contributed by atoms with Gasteiger partial charge in [-0.3, -0.25) is 0 Å². The Morgan fingerprint density at radius 2 is 1.60 bits per heavy atom. The zero-order valence-corrected chi connectivity index (χ0v) is 10.6. The second-order valence-electron chi connectivity index (χ2n) is 4.43. The molecule has 0 spiro atoms. The van der Waals surface area contributed by atoms with Crippen LogP contribution in [-0.4, -0.2) is 11.7 Å². The van der Waals surface area contributed by atoms with Gasteiger partial charge in [0.1, 0.15) is 17.5 Å². The van der Waals surface area contributed by atoms with Gasteiger partial charge in [-0.05, 0) is 35.9 Å². The van der Waals surface area contributed by atoms with Crippen molar-refractivity contribution in [2.24, 2.45) is 0 Å². The molecule has 0 aliphatic rings. The molecular weight excluding hydrogens is 267 g/mol. The van der Waals surface area contributed by atoms with Crippen molar-refractivity contribution in [1.29, 1.82) is 0 Å². The minimum absolute atomic E-state index is 0.0991. The molecule has 0 radical (unpaired) electrons. The average molecular weight is 281 g/mol. The van der Waals surface area contributed by atoms with Crippen molar-refractivity contribution in [1.82, 2.24) is 5.32 Å². The normalized spacial score (nSPS) is 12.4. The lowest BCUT2D eigenvalue weighted by atomic mass is 10.1. The first kappa shape index (κ1) is 14.6. The van der Waals surface area contributed by atoms with Gasteiger partial charge in [-0.25, -0.2) is 13.2 Å². The van der Waals surface area contributed by atoms with E-state index in [1.807, 2.05) is 0 Å². The quantitative estimate of drug-likeness (QED) is 0.883. The van der Waals surface area contributed by atoms with Crippen LogP contribution in [0.3, 0.4) is 0 Å². The van der Waals surface area contributed by atoms with Gasteiger partial charge in [0, 0.05) is 18.7 Å². The summed E-state index contributed by atoms with van der Waals surface area (Å²) in [5.41, 5.74) is 0.745. The summed E-state index contributed by atoms with van der Waals surface area (Å²) in [6.07, 6.45) is -0.841. The summed E-state index contributed by atoms with van der Waals surface area (Å²) in [6.45, 7) is 0.253. The first-order valence-electron chi connectivity index (χ1n) is 6.14. The van der Waals surface area contributed by atoms with E-state index in [9.17, 15) is 18.3 Å². The van der Waals surface area contributed by atoms with Gasteiger partial charge >= 0.3 is 0 Å². The maximum atomic E-state index is 13.4. The van der Waals surface area contributed by atoms with Gasteiger partial charge in [-0.15, -0.1) is 0 Å². The predicted molar refractivity (Wildman–Crippen MR) is 69.4 cm³/mol. The molecule has 0 saturated heterocycles. The van der Waals surface area contributed by atoms with Crippen LogP contribution in [0.25, 0.3) is 0 Å². The van der Waals surface area contributed by atoms with Crippen LogP contribution in [0.15, 0.2) is 42.5 Å². The lowest BCUT2D eigenvalue weighted by molar-refractivity contribution is 0.174. The standard InChI is InChI=1S/C15H14F3NO/c16-12-3-1-10(2-4-12)15(20)9-19-8-11-7-13(17)5-6-14(11)18/h1-7,15,19-20H,8-9H2. The number of aliphatic hydroxyl groups excluding tert-OH is 1. The van der Waals surface area contributed by atoms with E-state index >= 15 is 0 Å². The fourth-order valence-electron chi connectivity index (χ4n) is 1.83. The number of hydrogen-bond acceptors (Lipinski definition) is 2. The summed E-state index contributed by atoms with van der Waals surface area (Å²) in [6, 6.07) is 8.67. The zero-order valence-electron chi connectivity index (χ0n) is 10.6. The predicted octanol–water partition coefficient (Wildman–Crippen LogP) is 2.93. The minimum atomic E-state index is -0.841. The van der Waals surface area contributed by atoms with Crippen molar-refractivity contribution in [3.05, 3.63) is 71.0 Å². The molecule has 2 rings (SSSR count). The van der Waals surface area contributed by atoms with Gasteiger partial charge in [0.15, 0.2) is 0 Å². The molecule has 106 valence electrons. The van der Waals surface area contributed by atoms with E-state index in [0.717, 1.165) is 18.2 Å². The van der Waals surface area contributed by atoms with Crippen LogP contribution < -0.4 is 5.32 Å². The summed E-state index contributed by atoms with van der Waals surface area (Å²) < 4.78 is 39.0. The second-order valence-corrected chi connectivity index (χ2v) is 4.43. The molecule has 5 heteroatoms. The van der Waals surface area contributed by atoms with Gasteiger partial charge < -0.3 is 10.4 Å². The van der Waals surface area contributed by atoms with Crippen molar-refractivity contribution in [2.75, 3.05) is 6.54 Å². The van der Waals surface area contributed by atoms with Crippen molar-refractivity contribution in [2.45, 2.75) is 12.6 Å². The van der Waals surface area contributed by atoms with E-state index in [-0.39, 0.29) is 24.5 Å². The molecule has 2 nitrogen and oxygen atoms in total. The summed E-state index contributed by atoms with van der Waals surface area (Å²) in [4.78, 5) is 0. The maximum absolute atomic E-state index is 13.4. The van der Waals surface area contributed by atoms with E-state index in [0.29, 0.717) is 5.56 Å². The third-order valence-corrected chi connectivity index (χ3v) is 2.92. The Hall–Kier alpha value is -1.85. The molecule has 0 bridgehead atoms. The van der Waals surface area contributed by atoms with Gasteiger partial charge in [0.25, 0.3) is 0 Å². The van der Waals surface area contributed by atoms with Crippen LogP contribution in [0.1, 0.15) is 17.2 Å². The molecule has 0 aliphatic carbocycles. The van der Waals surface area contributed by atoms with Crippen molar-refractivity contribution in [3.63, 3.8) is 0 Å². The summed E-state index contributed by atoms with van der Waals surface area (Å²) in [7, 11) is 0. The molecule has 20 heavy (non-hydrogen) atoms. The molecule has 0 aromatic heterocycles. The minimum Gasteiger partial charge on any atom is -0.387 e. The lowest BCUT2D eigenvalue weighted by Crippen LogP contribution is -2.21. The smallest absolute Gasteiger partial charge is 0.127 e. The Kier molecular flexibility index (Phi) is 4.76. The summed E-state index contributed by atoms with van der Waals surface area (Å²) in [5.74, 6) is -1.40. The SMILES string of the molecule is OC(CNCc1cc(F)ccc1F)c1ccc(F)cc1. The van der Waals surface area contributed by atoms with Crippen molar-refractivity contribution < 1.29 is 18.3 Å². The first-order valence-corrected chi connectivity index (χ1v) is 6.14. The summed E-state index contributed by atoms with van der Waals surface area (Å²) in [5, 5.41) is 12.7. The van der Waals surface area contributed by atoms with Crippen LogP contribution >= 0.6 is 0 Å². The molecule has 1 atom stereocenters. The Labute approximate surface area is 114 Å². The van der Waals surface area contributed by atoms with Crippen LogP contribution in [0.2, 0.25) is 0 Å². The van der Waals surface area contributed by atoms with E-state index in [2.05, 4.69) is 5.32 Å². The molecular formula is C15H14F3NO. The largest absolute Gasteiger partial charge is 0.387 e. The fraction of sp³-hybridized carbons (Fsp3) is 0.200. The number of rotatable bonds is 5. The van der Waals surface area contributed by atoms with Gasteiger partial charge in [-0.2, -0.15) is 0 Å². The Morgan fingerprint density at radius 1 is 0.950 bits per heavy atom. The van der Waals surface area contributed by atoms with Gasteiger partial charge in [-0.1, -0.05) is 12.1 Å². The highest BCUT2D eigenvalue weighted by atomic mass is 19.1. The molecule has 2 aromatic rings. The molecule has 0 heterocycles. The van der Waals surface area contributed by atoms with Crippen LogP contribution in [0.4, 0.5) is 13.2 Å². The maximum Gasteiger partial charge on any atom is 0.127 e. The number of hydrogen-bond donors (Lipinski definition) is 2. The molecule has 0 amide bonds. The number of benzene rings is 2. The van der Waals surface area contributed by atoms with Crippen molar-refractivity contribution in [3.8, 4) is 0 Å². The van der Waals surface area contributed by atoms with Gasteiger partial charge in [0.05, 0.1) is 6.10 Å². The fourth-order valence-corrected chi connectivity index (χ4v) is 1.83. The Balaban J connectivity index is 1.89. The average Bonchev–Trinajstić information content (AvgIpc) is 2.43. The zero-order chi connectivity index (χ0) is 14.5. The van der Waals surface area contributed by atoms with E-state index in [4.69, 9.17) is 0 Å². The third kappa shape index (κ3) is 3.82. The Bertz CT molecular complexity index is 572. The van der Waals surface area contributed by atoms with Crippen molar-refractivity contribution >= 4 is 0 Å². The third-order valence-electron chi connectivity index (χ3n) is 2.92. The lowest BCUT2D eigenvalue weighted by Gasteiger charge is -2.12. The Morgan fingerprint density at radius 3 is 2.30 bits per heavy atom. The van der Waals surface area contributed by atoms with Crippen LogP contribution in [-0.2, 0) is 6.54 Å². The number of nitrogens with one attached hydrogen (secondary N) is 1. The molecule has 2 aromatic carbocycles. The molecule has 1 unspecified atom stereocenters. The van der Waals surface area contributed by atoms with E-state index in [1.165, 1.54) is 24.3 Å². The summed E-state index contributed by atoms with van der Waals surface area (Å²) >= 11 is 0. The molecule has 0 fully saturated rings. The topological polar surface area (TPSA) is 32.3 Å².